The van der Waals surface area contributed by atoms with E-state index in [0.717, 1.165) is 39.8 Å². The van der Waals surface area contributed by atoms with Crippen LogP contribution in [0.2, 0.25) is 0 Å². The van der Waals surface area contributed by atoms with Crippen LogP contribution in [0.25, 0.3) is 22.1 Å². The maximum absolute atomic E-state index is 11.0. The molecule has 0 aliphatic heterocycles. The summed E-state index contributed by atoms with van der Waals surface area (Å²) in [6, 6.07) is 7.74. The Morgan fingerprint density at radius 2 is 2.00 bits per heavy atom. The van der Waals surface area contributed by atoms with Crippen molar-refractivity contribution in [1.29, 1.82) is 0 Å². The normalized spacial score (nSPS) is 12.1. The highest BCUT2D eigenvalue weighted by molar-refractivity contribution is 7.85. The third kappa shape index (κ3) is 3.46. The number of hydrogen-bond acceptors (Lipinski definition) is 6. The van der Waals surface area contributed by atoms with Crippen LogP contribution in [-0.4, -0.2) is 26.4 Å². The lowest BCUT2D eigenvalue weighted by Crippen LogP contribution is -2.05. The van der Waals surface area contributed by atoms with Crippen molar-refractivity contribution in [1.82, 2.24) is 5.16 Å². The van der Waals surface area contributed by atoms with Crippen molar-refractivity contribution in [3.05, 3.63) is 41.5 Å². The Hall–Kier alpha value is -2.12. The van der Waals surface area contributed by atoms with E-state index < -0.39 is 10.1 Å². The number of nitrogens with zero attached hydrogens (tertiary/aromatic N) is 1. The highest BCUT2D eigenvalue weighted by atomic mass is 32.2. The largest absolute Gasteiger partial charge is 0.461 e. The predicted molar refractivity (Wildman–Crippen MR) is 85.7 cm³/mol. The number of rotatable bonds is 5. The van der Waals surface area contributed by atoms with Gasteiger partial charge in [-0.05, 0) is 37.6 Å². The second-order valence-corrected chi connectivity index (χ2v) is 7.08. The fraction of sp³-hybridized carbons (Fsp3) is 0.312. The fourth-order valence-corrected chi connectivity index (χ4v) is 2.95. The van der Waals surface area contributed by atoms with Crippen LogP contribution in [0, 0.1) is 13.8 Å². The highest BCUT2D eigenvalue weighted by Crippen LogP contribution is 2.30. The standard InChI is InChI=1S/C16H17NO5S/c1-10-16(11(2)22-17-10)12-4-5-15-13(8-12)9-14(21-15)6-7-20-23(3,18)19/h4-5,8-9H,6-7H2,1-3H3. The fourth-order valence-electron chi connectivity index (χ4n) is 2.57. The minimum atomic E-state index is -3.43. The molecular weight excluding hydrogens is 318 g/mol. The average Bonchev–Trinajstić information content (AvgIpc) is 3.00. The zero-order chi connectivity index (χ0) is 16.6. The van der Waals surface area contributed by atoms with Crippen molar-refractivity contribution < 1.29 is 21.5 Å². The summed E-state index contributed by atoms with van der Waals surface area (Å²) in [6.45, 7) is 3.84. The number of hydrogen-bond donors (Lipinski definition) is 0. The first-order valence-corrected chi connectivity index (χ1v) is 8.95. The monoisotopic (exact) mass is 335 g/mol. The molecule has 23 heavy (non-hydrogen) atoms. The summed E-state index contributed by atoms with van der Waals surface area (Å²) in [5.41, 5.74) is 3.57. The molecule has 0 saturated carbocycles. The van der Waals surface area contributed by atoms with Gasteiger partial charge in [0, 0.05) is 17.4 Å². The summed E-state index contributed by atoms with van der Waals surface area (Å²) in [5, 5.41) is 4.91. The van der Waals surface area contributed by atoms with Crippen molar-refractivity contribution in [2.75, 3.05) is 12.9 Å². The van der Waals surface area contributed by atoms with Gasteiger partial charge in [0.2, 0.25) is 0 Å². The smallest absolute Gasteiger partial charge is 0.264 e. The van der Waals surface area contributed by atoms with Gasteiger partial charge in [-0.2, -0.15) is 8.42 Å². The van der Waals surface area contributed by atoms with Gasteiger partial charge in [-0.1, -0.05) is 11.2 Å². The molecule has 0 N–H and O–H groups in total. The van der Waals surface area contributed by atoms with E-state index in [9.17, 15) is 8.42 Å². The Morgan fingerprint density at radius 3 is 2.65 bits per heavy atom. The molecule has 0 spiro atoms. The van der Waals surface area contributed by atoms with Gasteiger partial charge in [0.1, 0.15) is 17.1 Å². The van der Waals surface area contributed by atoms with Gasteiger partial charge in [-0.15, -0.1) is 0 Å². The summed E-state index contributed by atoms with van der Waals surface area (Å²) in [5.74, 6) is 1.45. The first-order valence-electron chi connectivity index (χ1n) is 7.13. The van der Waals surface area contributed by atoms with Crippen LogP contribution in [0.1, 0.15) is 17.2 Å². The first kappa shape index (κ1) is 15.8. The molecule has 0 saturated heterocycles. The molecule has 0 aliphatic rings. The second-order valence-electron chi connectivity index (χ2n) is 5.44. The Morgan fingerprint density at radius 1 is 1.22 bits per heavy atom. The number of fused-ring (bicyclic) bond motifs is 1. The van der Waals surface area contributed by atoms with Crippen LogP contribution >= 0.6 is 0 Å². The van der Waals surface area contributed by atoms with Crippen molar-refractivity contribution >= 4 is 21.1 Å². The van der Waals surface area contributed by atoms with Gasteiger partial charge < -0.3 is 8.94 Å². The van der Waals surface area contributed by atoms with Gasteiger partial charge in [0.25, 0.3) is 10.1 Å². The van der Waals surface area contributed by atoms with Crippen molar-refractivity contribution in [3.63, 3.8) is 0 Å². The number of aromatic nitrogens is 1. The van der Waals surface area contributed by atoms with Gasteiger partial charge in [0.05, 0.1) is 18.6 Å². The van der Waals surface area contributed by atoms with E-state index >= 15 is 0 Å². The van der Waals surface area contributed by atoms with Crippen LogP contribution in [0.4, 0.5) is 0 Å². The molecule has 122 valence electrons. The molecule has 0 atom stereocenters. The number of benzene rings is 1. The van der Waals surface area contributed by atoms with Gasteiger partial charge in [0.15, 0.2) is 0 Å². The maximum Gasteiger partial charge on any atom is 0.264 e. The molecule has 0 fully saturated rings. The molecule has 7 heteroatoms. The molecular formula is C16H17NO5S. The van der Waals surface area contributed by atoms with Crippen molar-refractivity contribution in [2.24, 2.45) is 0 Å². The zero-order valence-electron chi connectivity index (χ0n) is 13.1. The lowest BCUT2D eigenvalue weighted by Gasteiger charge is -1.99. The maximum atomic E-state index is 11.0. The molecule has 0 aliphatic carbocycles. The Bertz CT molecular complexity index is 933. The first-order chi connectivity index (χ1) is 10.8. The SMILES string of the molecule is Cc1noc(C)c1-c1ccc2oc(CCOS(C)(=O)=O)cc2c1. The molecule has 2 heterocycles. The molecule has 1 aromatic carbocycles. The average molecular weight is 335 g/mol. The van der Waals surface area contributed by atoms with Crippen LogP contribution in [-0.2, 0) is 20.7 Å². The van der Waals surface area contributed by atoms with E-state index in [-0.39, 0.29) is 6.61 Å². The highest BCUT2D eigenvalue weighted by Gasteiger charge is 2.13. The van der Waals surface area contributed by atoms with E-state index in [1.54, 1.807) is 0 Å². The summed E-state index contributed by atoms with van der Waals surface area (Å²) < 4.78 is 37.6. The van der Waals surface area contributed by atoms with Gasteiger partial charge in [-0.25, -0.2) is 0 Å². The van der Waals surface area contributed by atoms with E-state index in [0.29, 0.717) is 12.2 Å². The van der Waals surface area contributed by atoms with E-state index in [2.05, 4.69) is 5.16 Å². The van der Waals surface area contributed by atoms with Crippen molar-refractivity contribution in [2.45, 2.75) is 20.3 Å². The third-order valence-corrected chi connectivity index (χ3v) is 4.13. The Balaban J connectivity index is 1.86. The molecule has 0 amide bonds. The third-order valence-electron chi connectivity index (χ3n) is 3.54. The lowest BCUT2D eigenvalue weighted by atomic mass is 10.0. The molecule has 6 nitrogen and oxygen atoms in total. The van der Waals surface area contributed by atoms with Crippen LogP contribution in [0.15, 0.2) is 33.2 Å². The number of furan rings is 1. The Labute approximate surface area is 134 Å². The quantitative estimate of drug-likeness (QED) is 0.666. The molecule has 0 radical (unpaired) electrons. The topological polar surface area (TPSA) is 82.5 Å². The molecule has 0 unspecified atom stereocenters. The minimum Gasteiger partial charge on any atom is -0.461 e. The Kier molecular flexibility index (Phi) is 3.99. The summed E-state index contributed by atoms with van der Waals surface area (Å²) in [7, 11) is -3.43. The minimum absolute atomic E-state index is 0.0649. The zero-order valence-corrected chi connectivity index (χ0v) is 13.9. The second kappa shape index (κ2) is 5.82. The van der Waals surface area contributed by atoms with Crippen molar-refractivity contribution in [3.8, 4) is 11.1 Å². The van der Waals surface area contributed by atoms with Crippen LogP contribution in [0.3, 0.4) is 0 Å². The summed E-state index contributed by atoms with van der Waals surface area (Å²) in [4.78, 5) is 0. The summed E-state index contributed by atoms with van der Waals surface area (Å²) >= 11 is 0. The molecule has 0 bridgehead atoms. The van der Waals surface area contributed by atoms with E-state index in [4.69, 9.17) is 13.1 Å². The van der Waals surface area contributed by atoms with Crippen LogP contribution < -0.4 is 0 Å². The molecule has 2 aromatic heterocycles. The lowest BCUT2D eigenvalue weighted by molar-refractivity contribution is 0.316. The predicted octanol–water partition coefficient (Wildman–Crippen LogP) is 3.22. The summed E-state index contributed by atoms with van der Waals surface area (Å²) in [6.07, 6.45) is 1.42. The molecule has 3 aromatic rings. The van der Waals surface area contributed by atoms with Gasteiger partial charge in [-0.3, -0.25) is 4.18 Å². The van der Waals surface area contributed by atoms with E-state index in [1.807, 2.05) is 38.1 Å². The van der Waals surface area contributed by atoms with E-state index in [1.165, 1.54) is 0 Å². The van der Waals surface area contributed by atoms with Gasteiger partial charge >= 0.3 is 0 Å². The van der Waals surface area contributed by atoms with Crippen LogP contribution in [0.5, 0.6) is 0 Å². The number of aryl methyl sites for hydroxylation is 2. The molecule has 3 rings (SSSR count).